The fourth-order valence-electron chi connectivity index (χ4n) is 10.3. The second-order valence-electron chi connectivity index (χ2n) is 21.0. The van der Waals surface area contributed by atoms with Crippen molar-refractivity contribution in [3.63, 3.8) is 0 Å². The van der Waals surface area contributed by atoms with Crippen molar-refractivity contribution in [2.45, 2.75) is 63.6 Å². The fourth-order valence-corrected chi connectivity index (χ4v) is 12.2. The molecule has 8 rings (SSSR count). The molecule has 0 spiro atoms. The number of hydrogen-bond acceptors (Lipinski definition) is 14. The van der Waals surface area contributed by atoms with Gasteiger partial charge in [0.05, 0.1) is 39.8 Å². The summed E-state index contributed by atoms with van der Waals surface area (Å²) in [5, 5.41) is 7.60. The summed E-state index contributed by atoms with van der Waals surface area (Å²) in [6, 6.07) is 24.9. The number of phosphoric acid groups is 1. The monoisotopic (exact) mass is 1240 g/mol. The van der Waals surface area contributed by atoms with Gasteiger partial charge in [-0.1, -0.05) is 86.6 Å². The van der Waals surface area contributed by atoms with Gasteiger partial charge in [0, 0.05) is 106 Å². The Hall–Kier alpha value is -7.34. The van der Waals surface area contributed by atoms with Crippen molar-refractivity contribution in [3.05, 3.63) is 129 Å². The number of rotatable bonds is 25. The maximum Gasteiger partial charge on any atom is 0.524 e. The smallest absolute Gasteiger partial charge is 0.445 e. The van der Waals surface area contributed by atoms with Crippen LogP contribution in [-0.4, -0.2) is 145 Å². The van der Waals surface area contributed by atoms with E-state index in [1.165, 1.54) is 34.9 Å². The molecule has 7 amide bonds. The lowest BCUT2D eigenvalue weighted by molar-refractivity contribution is -0.129. The molecule has 6 aromatic rings. The van der Waals surface area contributed by atoms with Crippen LogP contribution in [0, 0.1) is 5.92 Å². The molecule has 8 N–H and O–H groups in total. The van der Waals surface area contributed by atoms with Crippen molar-refractivity contribution in [3.8, 4) is 11.5 Å². The van der Waals surface area contributed by atoms with Crippen LogP contribution in [0.3, 0.4) is 0 Å². The number of methoxy groups -OCH3 is 1. The highest BCUT2D eigenvalue weighted by molar-refractivity contribution is 7.46. The van der Waals surface area contributed by atoms with Gasteiger partial charge in [0.15, 0.2) is 5.78 Å². The molecular weight excluding hydrogens is 1180 g/mol. The van der Waals surface area contributed by atoms with E-state index in [1.54, 1.807) is 97.6 Å². The number of phosphoric ester groups is 1. The number of hydrogen-bond donors (Lipinski definition) is 6. The standard InChI is InChI=1S/C59H67Cl2N8O14PS/c1-34(2)53(62)54(71)65-43(14-9-21-64-57(63)74)46(70)26-35-15-17-36(18-16-35)33-81-58(75)66(3)22-23-67(24-25-80-4)59(76)82-47-27-44-51(41-12-7-5-10-39(41)47)37(29-60)31-68(44)55(72)49-19-20-50(85-49)56(73)69-32-38(30-61)52-42-13-8-6-11-40(42)48(28-45(52)69)83-84(77,78)79/h5-8,10-13,15-20,27-28,34,37-38,43,53H,9,14,21-26,29-33,62H2,1-4H3,(H,65,71)(H3,63,64,74)(H2,77,78,79)/t37-,38-,43+,53+/m1/s1. The number of anilines is 2. The number of primary amides is 1. The highest BCUT2D eigenvalue weighted by atomic mass is 35.5. The molecule has 2 aliphatic heterocycles. The van der Waals surface area contributed by atoms with Crippen molar-refractivity contribution < 1.29 is 66.6 Å². The molecule has 0 bridgehead atoms. The average molecular weight is 1250 g/mol. The van der Waals surface area contributed by atoms with E-state index >= 15 is 0 Å². The molecule has 4 atom stereocenters. The molecule has 0 unspecified atom stereocenters. The number of carbonyl (C=O) groups excluding carboxylic acids is 7. The molecule has 0 fully saturated rings. The predicted molar refractivity (Wildman–Crippen MR) is 324 cm³/mol. The number of likely N-dealkylation sites (N-methyl/N-ethyl adjacent to an activating group) is 1. The summed E-state index contributed by atoms with van der Waals surface area (Å²) in [6.07, 6.45) is -0.799. The summed E-state index contributed by atoms with van der Waals surface area (Å²) >= 11 is 14.1. The van der Waals surface area contributed by atoms with E-state index in [9.17, 15) is 47.9 Å². The lowest BCUT2D eigenvalue weighted by atomic mass is 9.95. The number of carbonyl (C=O) groups is 7. The van der Waals surface area contributed by atoms with Crippen molar-refractivity contribution in [1.29, 1.82) is 0 Å². The Morgan fingerprint density at radius 3 is 1.84 bits per heavy atom. The third kappa shape index (κ3) is 15.2. The SMILES string of the molecule is COCCN(CCN(C)C(=O)OCc1ccc(CC(=O)[C@H](CCCNC(N)=O)NC(=O)[C@@H](N)C(C)C)cc1)C(=O)Oc1cc2c(c3ccccc13)[C@H](CCl)CN2C(=O)c1ccc(C(=O)N2C[C@@H](CCl)c3c2cc(OP(=O)(O)O)c2ccccc32)s1. The molecule has 0 saturated carbocycles. The maximum atomic E-state index is 14.7. The number of amides is 7. The summed E-state index contributed by atoms with van der Waals surface area (Å²) < 4.78 is 34.3. The number of ketones is 1. The first-order chi connectivity index (χ1) is 40.6. The van der Waals surface area contributed by atoms with Gasteiger partial charge in [-0.05, 0) is 63.9 Å². The van der Waals surface area contributed by atoms with Crippen LogP contribution in [0.4, 0.5) is 25.8 Å². The Balaban J connectivity index is 0.924. The molecule has 452 valence electrons. The predicted octanol–water partition coefficient (Wildman–Crippen LogP) is 8.24. The summed E-state index contributed by atoms with van der Waals surface area (Å²) in [6.45, 7) is 4.34. The Morgan fingerprint density at radius 2 is 1.31 bits per heavy atom. The molecule has 0 aliphatic carbocycles. The van der Waals surface area contributed by atoms with Gasteiger partial charge in [0.2, 0.25) is 5.91 Å². The largest absolute Gasteiger partial charge is 0.524 e. The van der Waals surface area contributed by atoms with Gasteiger partial charge < -0.3 is 60.4 Å². The molecule has 1 aromatic heterocycles. The second-order valence-corrected chi connectivity index (χ2v) is 23.9. The van der Waals surface area contributed by atoms with Gasteiger partial charge in [0.25, 0.3) is 11.8 Å². The fraction of sp³-hybridized carbons (Fsp3) is 0.373. The molecule has 3 heterocycles. The Morgan fingerprint density at radius 1 is 0.765 bits per heavy atom. The second kappa shape index (κ2) is 28.2. The van der Waals surface area contributed by atoms with Crippen molar-refractivity contribution in [2.75, 3.05) is 81.6 Å². The van der Waals surface area contributed by atoms with E-state index in [2.05, 4.69) is 10.6 Å². The third-order valence-corrected chi connectivity index (χ3v) is 17.1. The van der Waals surface area contributed by atoms with Gasteiger partial charge in [0.1, 0.15) is 18.1 Å². The Bertz CT molecular complexity index is 3530. The minimum Gasteiger partial charge on any atom is -0.445 e. The highest BCUT2D eigenvalue weighted by Gasteiger charge is 2.39. The lowest BCUT2D eigenvalue weighted by Gasteiger charge is -2.25. The quantitative estimate of drug-likeness (QED) is 0.0179. The number of fused-ring (bicyclic) bond motifs is 6. The molecular formula is C59H67Cl2N8O14PS. The summed E-state index contributed by atoms with van der Waals surface area (Å²) in [5.41, 5.74) is 14.8. The number of urea groups is 1. The van der Waals surface area contributed by atoms with Gasteiger partial charge >= 0.3 is 26.0 Å². The van der Waals surface area contributed by atoms with E-state index in [1.807, 2.05) is 12.1 Å². The highest BCUT2D eigenvalue weighted by Crippen LogP contribution is 2.50. The van der Waals surface area contributed by atoms with E-state index < -0.39 is 55.8 Å². The number of halogens is 2. The zero-order valence-corrected chi connectivity index (χ0v) is 50.4. The number of nitrogens with one attached hydrogen (secondary N) is 2. The maximum absolute atomic E-state index is 14.7. The molecule has 0 saturated heterocycles. The van der Waals surface area contributed by atoms with E-state index in [0.717, 1.165) is 22.5 Å². The Kier molecular flexibility index (Phi) is 21.2. The molecule has 85 heavy (non-hydrogen) atoms. The van der Waals surface area contributed by atoms with Gasteiger partial charge in [-0.25, -0.2) is 18.9 Å². The first-order valence-electron chi connectivity index (χ1n) is 27.4. The van der Waals surface area contributed by atoms with E-state index in [4.69, 9.17) is 53.4 Å². The van der Waals surface area contributed by atoms with E-state index in [0.29, 0.717) is 50.5 Å². The number of ether oxygens (including phenoxy) is 3. The number of benzene rings is 5. The van der Waals surface area contributed by atoms with Gasteiger partial charge in [-0.2, -0.15) is 0 Å². The van der Waals surface area contributed by atoms with E-state index in [-0.39, 0.29) is 122 Å². The van der Waals surface area contributed by atoms with Crippen LogP contribution in [0.15, 0.2) is 97.1 Å². The average Bonchev–Trinajstić information content (AvgIpc) is 2.05. The summed E-state index contributed by atoms with van der Waals surface area (Å²) in [7, 11) is -1.99. The number of alkyl halides is 2. The Labute approximate surface area is 504 Å². The molecule has 26 heteroatoms. The minimum absolute atomic E-state index is 0.00667. The normalized spacial score (nSPS) is 15.3. The number of Topliss-reactive ketones (excluding diaryl/α,β-unsaturated/α-hetero) is 1. The molecule has 5 aromatic carbocycles. The van der Waals surface area contributed by atoms with Crippen LogP contribution < -0.4 is 41.2 Å². The van der Waals surface area contributed by atoms with Crippen molar-refractivity contribution in [1.82, 2.24) is 20.4 Å². The first kappa shape index (κ1) is 63.7. The minimum atomic E-state index is -5.00. The van der Waals surface area contributed by atoms with Crippen LogP contribution in [-0.2, 0) is 36.7 Å². The summed E-state index contributed by atoms with van der Waals surface area (Å²) in [4.78, 5) is 120. The number of nitrogens with zero attached hydrogens (tertiary/aromatic N) is 4. The van der Waals surface area contributed by atoms with Crippen LogP contribution >= 0.6 is 42.4 Å². The number of thiophene rings is 1. The van der Waals surface area contributed by atoms with Crippen molar-refractivity contribution in [2.24, 2.45) is 17.4 Å². The van der Waals surface area contributed by atoms with Crippen LogP contribution in [0.1, 0.15) is 80.1 Å². The first-order valence-corrected chi connectivity index (χ1v) is 30.8. The zero-order chi connectivity index (χ0) is 61.3. The van der Waals surface area contributed by atoms with Gasteiger partial charge in [-0.15, -0.1) is 34.5 Å². The van der Waals surface area contributed by atoms with Gasteiger partial charge in [-0.3, -0.25) is 29.0 Å². The van der Waals surface area contributed by atoms with Crippen LogP contribution in [0.2, 0.25) is 0 Å². The molecule has 2 aliphatic rings. The molecule has 22 nitrogen and oxygen atoms in total. The van der Waals surface area contributed by atoms with Crippen LogP contribution in [0.25, 0.3) is 21.5 Å². The zero-order valence-electron chi connectivity index (χ0n) is 47.2. The lowest BCUT2D eigenvalue weighted by Crippen LogP contribution is -2.50. The van der Waals surface area contributed by atoms with Crippen LogP contribution in [0.5, 0.6) is 11.5 Å². The summed E-state index contributed by atoms with van der Waals surface area (Å²) in [5.74, 6) is -2.04. The topological polar surface area (TPSA) is 303 Å². The van der Waals surface area contributed by atoms with Crippen molar-refractivity contribution >= 4 is 117 Å². The number of nitrogens with two attached hydrogens (primary N) is 2. The third-order valence-electron chi connectivity index (χ3n) is 14.9. The molecule has 0 radical (unpaired) electrons.